The first-order valence-corrected chi connectivity index (χ1v) is 6.64. The molecule has 0 atom stereocenters. The number of hydrogen-bond acceptors (Lipinski definition) is 6. The summed E-state index contributed by atoms with van der Waals surface area (Å²) in [6.07, 6.45) is 3.52. The molecule has 0 aliphatic heterocycles. The average Bonchev–Trinajstić information content (AvgIpc) is 2.99. The van der Waals surface area contributed by atoms with Crippen LogP contribution in [0.4, 0.5) is 0 Å². The summed E-state index contributed by atoms with van der Waals surface area (Å²) in [5, 5.41) is 15.1. The zero-order chi connectivity index (χ0) is 14.5. The van der Waals surface area contributed by atoms with Crippen LogP contribution in [0, 0.1) is 6.92 Å². The third kappa shape index (κ3) is 3.26. The van der Waals surface area contributed by atoms with Crippen LogP contribution in [0.1, 0.15) is 17.2 Å². The van der Waals surface area contributed by atoms with Crippen LogP contribution in [0.2, 0.25) is 0 Å². The molecule has 21 heavy (non-hydrogen) atoms. The topological polar surface area (TPSA) is 81.4 Å². The van der Waals surface area contributed by atoms with E-state index in [4.69, 9.17) is 0 Å². The molecule has 106 valence electrons. The first-order valence-electron chi connectivity index (χ1n) is 6.64. The largest absolute Gasteiger partial charge is 0.304 e. The van der Waals surface area contributed by atoms with E-state index >= 15 is 0 Å². The van der Waals surface area contributed by atoms with Crippen LogP contribution in [0.25, 0.3) is 5.69 Å². The van der Waals surface area contributed by atoms with Gasteiger partial charge in [0.15, 0.2) is 5.82 Å². The van der Waals surface area contributed by atoms with Crippen LogP contribution in [0.5, 0.6) is 0 Å². The fourth-order valence-corrected chi connectivity index (χ4v) is 1.90. The van der Waals surface area contributed by atoms with Crippen molar-refractivity contribution in [2.45, 2.75) is 20.0 Å². The Hall–Kier alpha value is -2.67. The molecule has 1 N–H and O–H groups in total. The molecular weight excluding hydrogens is 266 g/mol. The maximum atomic E-state index is 4.29. The molecule has 7 nitrogen and oxygen atoms in total. The Kier molecular flexibility index (Phi) is 3.92. The van der Waals surface area contributed by atoms with Gasteiger partial charge < -0.3 is 5.32 Å². The second kappa shape index (κ2) is 6.19. The van der Waals surface area contributed by atoms with Crippen molar-refractivity contribution in [1.29, 1.82) is 0 Å². The number of hydrogen-bond donors (Lipinski definition) is 1. The van der Waals surface area contributed by atoms with Gasteiger partial charge in [-0.15, -0.1) is 5.10 Å². The molecule has 7 heteroatoms. The zero-order valence-electron chi connectivity index (χ0n) is 11.6. The van der Waals surface area contributed by atoms with Gasteiger partial charge in [0.1, 0.15) is 0 Å². The summed E-state index contributed by atoms with van der Waals surface area (Å²) in [6, 6.07) is 9.80. The number of aryl methyl sites for hydroxylation is 1. The molecule has 0 aliphatic rings. The number of aromatic nitrogens is 6. The van der Waals surface area contributed by atoms with Crippen molar-refractivity contribution in [3.8, 4) is 5.69 Å². The summed E-state index contributed by atoms with van der Waals surface area (Å²) in [7, 11) is 0. The molecule has 0 saturated heterocycles. The highest BCUT2D eigenvalue weighted by atomic mass is 15.5. The molecule has 3 aromatic rings. The minimum Gasteiger partial charge on any atom is -0.304 e. The number of rotatable bonds is 5. The Morgan fingerprint density at radius 2 is 1.90 bits per heavy atom. The third-order valence-corrected chi connectivity index (χ3v) is 2.96. The highest BCUT2D eigenvalue weighted by Gasteiger charge is 2.07. The van der Waals surface area contributed by atoms with E-state index in [1.807, 2.05) is 37.3 Å². The first kappa shape index (κ1) is 13.3. The van der Waals surface area contributed by atoms with Gasteiger partial charge in [0.2, 0.25) is 0 Å². The van der Waals surface area contributed by atoms with Crippen molar-refractivity contribution < 1.29 is 0 Å². The van der Waals surface area contributed by atoms with Crippen molar-refractivity contribution in [2.75, 3.05) is 0 Å². The second-order valence-corrected chi connectivity index (χ2v) is 4.60. The van der Waals surface area contributed by atoms with E-state index in [1.165, 1.54) is 0 Å². The fourth-order valence-electron chi connectivity index (χ4n) is 1.90. The summed E-state index contributed by atoms with van der Waals surface area (Å²) in [6.45, 7) is 3.09. The summed E-state index contributed by atoms with van der Waals surface area (Å²) in [4.78, 5) is 8.51. The summed E-state index contributed by atoms with van der Waals surface area (Å²) in [5.74, 6) is 0.751. The van der Waals surface area contributed by atoms with Crippen LogP contribution in [0.3, 0.4) is 0 Å². The second-order valence-electron chi connectivity index (χ2n) is 4.60. The van der Waals surface area contributed by atoms with E-state index < -0.39 is 0 Å². The van der Waals surface area contributed by atoms with Gasteiger partial charge >= 0.3 is 0 Å². The van der Waals surface area contributed by atoms with Crippen LogP contribution < -0.4 is 5.32 Å². The molecule has 2 aromatic heterocycles. The van der Waals surface area contributed by atoms with Crippen LogP contribution in [-0.4, -0.2) is 30.2 Å². The van der Waals surface area contributed by atoms with E-state index in [0.29, 0.717) is 13.1 Å². The Morgan fingerprint density at radius 3 is 2.67 bits per heavy atom. The Labute approximate surface area is 122 Å². The van der Waals surface area contributed by atoms with Crippen LogP contribution >= 0.6 is 0 Å². The number of nitrogens with zero attached hydrogens (tertiary/aromatic N) is 6. The minimum absolute atomic E-state index is 0.553. The van der Waals surface area contributed by atoms with Crippen molar-refractivity contribution in [1.82, 2.24) is 35.5 Å². The van der Waals surface area contributed by atoms with Gasteiger partial charge in [-0.1, -0.05) is 18.2 Å². The summed E-state index contributed by atoms with van der Waals surface area (Å²) < 4.78 is 1.72. The Morgan fingerprint density at radius 1 is 1.05 bits per heavy atom. The lowest BCUT2D eigenvalue weighted by Crippen LogP contribution is -2.17. The Balaban J connectivity index is 1.64. The van der Waals surface area contributed by atoms with Gasteiger partial charge in [0.25, 0.3) is 0 Å². The molecular formula is C14H15N7. The number of para-hydroxylation sites is 1. The molecule has 0 aliphatic carbocycles. The fraction of sp³-hybridized carbons (Fsp3) is 0.214. The molecule has 0 radical (unpaired) electrons. The van der Waals surface area contributed by atoms with E-state index in [-0.39, 0.29) is 0 Å². The molecule has 2 heterocycles. The highest BCUT2D eigenvalue weighted by molar-refractivity contribution is 5.30. The standard InChI is InChI=1S/C14H15N7/c1-11-7-17-12(9-16-11)8-15-10-14-18-19-20-21(14)13-5-3-2-4-6-13/h2-7,9,15H,8,10H2,1H3. The minimum atomic E-state index is 0.553. The average molecular weight is 281 g/mol. The van der Waals surface area contributed by atoms with Crippen LogP contribution in [-0.2, 0) is 13.1 Å². The number of benzene rings is 1. The molecule has 0 fully saturated rings. The molecule has 1 aromatic carbocycles. The molecule has 3 rings (SSSR count). The van der Waals surface area contributed by atoms with Crippen molar-refractivity contribution in [3.63, 3.8) is 0 Å². The van der Waals surface area contributed by atoms with Gasteiger partial charge in [-0.25, -0.2) is 0 Å². The van der Waals surface area contributed by atoms with E-state index in [2.05, 4.69) is 30.8 Å². The monoisotopic (exact) mass is 281 g/mol. The first-order chi connectivity index (χ1) is 10.3. The number of tetrazole rings is 1. The van der Waals surface area contributed by atoms with Crippen molar-refractivity contribution in [3.05, 3.63) is 59.9 Å². The van der Waals surface area contributed by atoms with Crippen LogP contribution in [0.15, 0.2) is 42.7 Å². The Bertz CT molecular complexity index is 691. The lowest BCUT2D eigenvalue weighted by molar-refractivity contribution is 0.631. The smallest absolute Gasteiger partial charge is 0.170 e. The van der Waals surface area contributed by atoms with Crippen molar-refractivity contribution >= 4 is 0 Å². The molecule has 0 unspecified atom stereocenters. The molecule has 0 saturated carbocycles. The maximum absolute atomic E-state index is 4.29. The lowest BCUT2D eigenvalue weighted by Gasteiger charge is -2.05. The quantitative estimate of drug-likeness (QED) is 0.753. The van der Waals surface area contributed by atoms with Gasteiger partial charge in [0.05, 0.1) is 23.6 Å². The van der Waals surface area contributed by atoms with Gasteiger partial charge in [-0.3, -0.25) is 9.97 Å². The van der Waals surface area contributed by atoms with E-state index in [9.17, 15) is 0 Å². The predicted octanol–water partition coefficient (Wildman–Crippen LogP) is 1.05. The van der Waals surface area contributed by atoms with E-state index in [1.54, 1.807) is 17.1 Å². The molecule has 0 spiro atoms. The molecule has 0 amide bonds. The lowest BCUT2D eigenvalue weighted by atomic mass is 10.3. The van der Waals surface area contributed by atoms with Crippen molar-refractivity contribution in [2.24, 2.45) is 0 Å². The van der Waals surface area contributed by atoms with Gasteiger partial charge in [-0.05, 0) is 29.5 Å². The summed E-state index contributed by atoms with van der Waals surface area (Å²) in [5.41, 5.74) is 2.74. The van der Waals surface area contributed by atoms with E-state index in [0.717, 1.165) is 22.9 Å². The predicted molar refractivity (Wildman–Crippen MR) is 76.5 cm³/mol. The SMILES string of the molecule is Cc1cnc(CNCc2nnnn2-c2ccccc2)cn1. The highest BCUT2D eigenvalue weighted by Crippen LogP contribution is 2.06. The maximum Gasteiger partial charge on any atom is 0.170 e. The normalized spacial score (nSPS) is 10.7. The third-order valence-electron chi connectivity index (χ3n) is 2.96. The number of nitrogens with one attached hydrogen (secondary N) is 1. The zero-order valence-corrected chi connectivity index (χ0v) is 11.6. The van der Waals surface area contributed by atoms with Gasteiger partial charge in [-0.2, -0.15) is 4.68 Å². The molecule has 0 bridgehead atoms. The summed E-state index contributed by atoms with van der Waals surface area (Å²) >= 11 is 0. The van der Waals surface area contributed by atoms with Gasteiger partial charge in [0, 0.05) is 18.9 Å².